The highest BCUT2D eigenvalue weighted by Crippen LogP contribution is 1.99. The Morgan fingerprint density at radius 3 is 3.00 bits per heavy atom. The number of fused-ring (bicyclic) bond motifs is 1. The molecule has 0 aliphatic carbocycles. The molecule has 0 amide bonds. The predicted octanol–water partition coefficient (Wildman–Crippen LogP) is 0.551. The van der Waals surface area contributed by atoms with E-state index in [2.05, 4.69) is 10.3 Å². The average molecular weight is 279 g/mol. The van der Waals surface area contributed by atoms with Crippen LogP contribution in [0.15, 0.2) is 35.3 Å². The molecule has 2 atom stereocenters. The molecule has 2 rings (SSSR count). The molecular formula is C13H17N3O2S. The van der Waals surface area contributed by atoms with Crippen LogP contribution in [-0.4, -0.2) is 31.6 Å². The van der Waals surface area contributed by atoms with E-state index in [9.17, 15) is 9.00 Å². The lowest BCUT2D eigenvalue weighted by Crippen LogP contribution is -2.31. The van der Waals surface area contributed by atoms with Crippen LogP contribution >= 0.6 is 0 Å². The summed E-state index contributed by atoms with van der Waals surface area (Å²) in [6, 6.07) is 7.10. The van der Waals surface area contributed by atoms with Gasteiger partial charge in [-0.15, -0.1) is 0 Å². The van der Waals surface area contributed by atoms with E-state index in [1.54, 1.807) is 24.6 Å². The number of aromatic nitrogens is 2. The molecule has 0 aliphatic rings. The molecule has 0 aliphatic heterocycles. The maximum absolute atomic E-state index is 11.9. The maximum atomic E-state index is 11.9. The highest BCUT2D eigenvalue weighted by molar-refractivity contribution is 7.84. The lowest BCUT2D eigenvalue weighted by molar-refractivity contribution is 0.580. The Kier molecular flexibility index (Phi) is 4.44. The van der Waals surface area contributed by atoms with Crippen LogP contribution in [0.25, 0.3) is 5.65 Å². The first-order valence-electron chi connectivity index (χ1n) is 6.07. The third-order valence-electron chi connectivity index (χ3n) is 2.74. The van der Waals surface area contributed by atoms with Gasteiger partial charge in [0.25, 0.3) is 5.56 Å². The van der Waals surface area contributed by atoms with Crippen molar-refractivity contribution >= 4 is 16.4 Å². The highest BCUT2D eigenvalue weighted by atomic mass is 32.2. The lowest BCUT2D eigenvalue weighted by atomic mass is 10.3. The van der Waals surface area contributed by atoms with Gasteiger partial charge in [0, 0.05) is 47.7 Å². The summed E-state index contributed by atoms with van der Waals surface area (Å²) in [5.41, 5.74) is 1.25. The number of hydrogen-bond acceptors (Lipinski definition) is 4. The Bertz CT molecular complexity index is 654. The van der Waals surface area contributed by atoms with Gasteiger partial charge in [0.1, 0.15) is 5.65 Å². The summed E-state index contributed by atoms with van der Waals surface area (Å²) in [6.45, 7) is 2.47. The molecule has 0 bridgehead atoms. The van der Waals surface area contributed by atoms with Gasteiger partial charge in [-0.1, -0.05) is 6.07 Å². The topological polar surface area (TPSA) is 63.5 Å². The van der Waals surface area contributed by atoms with Gasteiger partial charge in [0.2, 0.25) is 0 Å². The summed E-state index contributed by atoms with van der Waals surface area (Å²) >= 11 is 0. The number of hydrogen-bond donors (Lipinski definition) is 1. The zero-order valence-electron chi connectivity index (χ0n) is 11.0. The third kappa shape index (κ3) is 3.71. The third-order valence-corrected chi connectivity index (χ3v) is 3.71. The first-order chi connectivity index (χ1) is 9.06. The Morgan fingerprint density at radius 1 is 1.47 bits per heavy atom. The lowest BCUT2D eigenvalue weighted by Gasteiger charge is -2.12. The molecule has 0 aromatic carbocycles. The van der Waals surface area contributed by atoms with E-state index in [-0.39, 0.29) is 11.6 Å². The van der Waals surface area contributed by atoms with E-state index >= 15 is 0 Å². The van der Waals surface area contributed by atoms with E-state index in [1.807, 2.05) is 13.0 Å². The van der Waals surface area contributed by atoms with Gasteiger partial charge in [0.15, 0.2) is 0 Å². The van der Waals surface area contributed by atoms with Crippen LogP contribution in [0.1, 0.15) is 12.6 Å². The Labute approximate surface area is 114 Å². The summed E-state index contributed by atoms with van der Waals surface area (Å²) < 4.78 is 12.6. The van der Waals surface area contributed by atoms with E-state index in [0.717, 1.165) is 0 Å². The highest BCUT2D eigenvalue weighted by Gasteiger charge is 2.06. The van der Waals surface area contributed by atoms with E-state index < -0.39 is 10.8 Å². The Hall–Kier alpha value is -1.53. The molecule has 6 heteroatoms. The molecule has 2 aromatic heterocycles. The number of nitrogens with one attached hydrogen (secondary N) is 1. The molecule has 0 radical (unpaired) electrons. The first-order valence-corrected chi connectivity index (χ1v) is 7.79. The van der Waals surface area contributed by atoms with Gasteiger partial charge in [-0.3, -0.25) is 13.4 Å². The SMILES string of the molecule is CC(CS(C)=O)NCc1cc(=O)n2ccccc2n1. The molecule has 0 spiro atoms. The zero-order chi connectivity index (χ0) is 13.8. The molecule has 19 heavy (non-hydrogen) atoms. The molecular weight excluding hydrogens is 262 g/mol. The first kappa shape index (κ1) is 13.9. The molecule has 0 saturated heterocycles. The summed E-state index contributed by atoms with van der Waals surface area (Å²) in [4.78, 5) is 16.3. The smallest absolute Gasteiger partial charge is 0.258 e. The minimum Gasteiger partial charge on any atom is -0.308 e. The second-order valence-corrected chi connectivity index (χ2v) is 6.02. The Balaban J connectivity index is 2.13. The van der Waals surface area contributed by atoms with Crippen molar-refractivity contribution in [1.29, 1.82) is 0 Å². The second-order valence-electron chi connectivity index (χ2n) is 4.54. The van der Waals surface area contributed by atoms with Crippen molar-refractivity contribution in [3.05, 3.63) is 46.5 Å². The molecule has 0 saturated carbocycles. The molecule has 2 unspecified atom stereocenters. The fourth-order valence-corrected chi connectivity index (χ4v) is 2.71. The summed E-state index contributed by atoms with van der Waals surface area (Å²) in [5, 5.41) is 3.22. The fourth-order valence-electron chi connectivity index (χ4n) is 1.88. The van der Waals surface area contributed by atoms with Gasteiger partial charge >= 0.3 is 0 Å². The largest absolute Gasteiger partial charge is 0.308 e. The van der Waals surface area contributed by atoms with Gasteiger partial charge in [0.05, 0.1) is 5.69 Å². The monoisotopic (exact) mass is 279 g/mol. The molecule has 102 valence electrons. The summed E-state index contributed by atoms with van der Waals surface area (Å²) in [7, 11) is -0.829. The van der Waals surface area contributed by atoms with Gasteiger partial charge in [-0.25, -0.2) is 4.98 Å². The Morgan fingerprint density at radius 2 is 2.26 bits per heavy atom. The second kappa shape index (κ2) is 6.08. The number of pyridine rings is 1. The molecule has 0 fully saturated rings. The van der Waals surface area contributed by atoms with Crippen molar-refractivity contribution < 1.29 is 4.21 Å². The van der Waals surface area contributed by atoms with Crippen LogP contribution < -0.4 is 10.9 Å². The molecule has 2 aromatic rings. The van der Waals surface area contributed by atoms with Crippen LogP contribution in [0.4, 0.5) is 0 Å². The van der Waals surface area contributed by atoms with E-state index in [4.69, 9.17) is 0 Å². The van der Waals surface area contributed by atoms with E-state index in [1.165, 1.54) is 10.5 Å². The molecule has 1 N–H and O–H groups in total. The van der Waals surface area contributed by atoms with Crippen molar-refractivity contribution in [3.8, 4) is 0 Å². The van der Waals surface area contributed by atoms with Crippen molar-refractivity contribution in [2.45, 2.75) is 19.5 Å². The normalized spacial score (nSPS) is 14.4. The van der Waals surface area contributed by atoms with Gasteiger partial charge < -0.3 is 5.32 Å². The van der Waals surface area contributed by atoms with Crippen LogP contribution in [-0.2, 0) is 17.3 Å². The van der Waals surface area contributed by atoms with Crippen LogP contribution in [0.3, 0.4) is 0 Å². The standard InChI is InChI=1S/C13H17N3O2S/c1-10(9-19(2)18)14-8-11-7-13(17)16-6-4-3-5-12(16)15-11/h3-7,10,14H,8-9H2,1-2H3. The van der Waals surface area contributed by atoms with Crippen LogP contribution in [0.5, 0.6) is 0 Å². The molecule has 5 nitrogen and oxygen atoms in total. The van der Waals surface area contributed by atoms with Crippen molar-refractivity contribution in [3.63, 3.8) is 0 Å². The quantitative estimate of drug-likeness (QED) is 0.868. The maximum Gasteiger partial charge on any atom is 0.258 e. The fraction of sp³-hybridized carbons (Fsp3) is 0.385. The minimum atomic E-state index is -0.829. The summed E-state index contributed by atoms with van der Waals surface area (Å²) in [6.07, 6.45) is 3.38. The van der Waals surface area contributed by atoms with Crippen molar-refractivity contribution in [2.24, 2.45) is 0 Å². The van der Waals surface area contributed by atoms with Gasteiger partial charge in [-0.2, -0.15) is 0 Å². The van der Waals surface area contributed by atoms with Gasteiger partial charge in [-0.05, 0) is 19.1 Å². The predicted molar refractivity (Wildman–Crippen MR) is 76.7 cm³/mol. The number of nitrogens with zero attached hydrogens (tertiary/aromatic N) is 2. The minimum absolute atomic E-state index is 0.0888. The average Bonchev–Trinajstić information content (AvgIpc) is 2.36. The zero-order valence-corrected chi connectivity index (χ0v) is 11.8. The van der Waals surface area contributed by atoms with Crippen LogP contribution in [0.2, 0.25) is 0 Å². The molecule has 2 heterocycles. The summed E-state index contributed by atoms with van der Waals surface area (Å²) in [5.74, 6) is 0.590. The number of rotatable bonds is 5. The van der Waals surface area contributed by atoms with E-state index in [0.29, 0.717) is 23.6 Å². The van der Waals surface area contributed by atoms with Crippen molar-refractivity contribution in [2.75, 3.05) is 12.0 Å². The van der Waals surface area contributed by atoms with Crippen molar-refractivity contribution in [1.82, 2.24) is 14.7 Å². The van der Waals surface area contributed by atoms with Crippen LogP contribution in [0, 0.1) is 0 Å².